The quantitative estimate of drug-likeness (QED) is 0.0153. The van der Waals surface area contributed by atoms with Gasteiger partial charge in [-0.15, -0.1) is 0 Å². The second-order valence-electron chi connectivity index (χ2n) is 28.4. The van der Waals surface area contributed by atoms with E-state index in [1.165, 1.54) is 34.6 Å². The molecule has 0 aromatic carbocycles. The van der Waals surface area contributed by atoms with E-state index in [9.17, 15) is 92.0 Å². The minimum absolute atomic E-state index is 0.00216. The van der Waals surface area contributed by atoms with Crippen LogP contribution in [0.15, 0.2) is 9.98 Å². The van der Waals surface area contributed by atoms with Gasteiger partial charge < -0.3 is 119 Å². The molecule has 0 bridgehead atoms. The summed E-state index contributed by atoms with van der Waals surface area (Å²) in [6.45, 7) is 23.5. The lowest BCUT2D eigenvalue weighted by atomic mass is 9.96. The van der Waals surface area contributed by atoms with Crippen LogP contribution in [0.2, 0.25) is 0 Å². The predicted molar refractivity (Wildman–Crippen MR) is 393 cm³/mol. The SMILES string of the molecule is CC[C@H](C)[C@H](NC(=O)[C@H](CCCN=C(N)N)NC(=O)[C@H](CCCN=C(N)N)NC(=O)[C@H](CC(C)C)NC(=O)[C@H](C)NC(=O)[C@H](C)NC(=O)[C@H](CC(C)C)NC(=O)[C@H](CC(C)C)NC(=O)[C@H](C)NC(=O)[C@H](CC(=O)O)NC(=O)[C@H](CC(C)C)NC(=O)[C@@H](NC(=O)[C@H](C)N)[C@@H](C)O)C(=O)N[C@@H](CCC(=O)O)C(N)=O. The van der Waals surface area contributed by atoms with Crippen molar-refractivity contribution in [1.29, 1.82) is 0 Å². The number of primary amides is 1. The van der Waals surface area contributed by atoms with E-state index in [0.717, 1.165) is 0 Å². The molecule has 0 rings (SSSR count). The average Bonchev–Trinajstić information content (AvgIpc) is 0.860. The van der Waals surface area contributed by atoms with Gasteiger partial charge in [-0.25, -0.2) is 0 Å². The van der Waals surface area contributed by atoms with E-state index in [1.807, 2.05) is 0 Å². The molecule has 40 heteroatoms. The van der Waals surface area contributed by atoms with E-state index < -0.39 is 204 Å². The first kappa shape index (κ1) is 97.0. The van der Waals surface area contributed by atoms with E-state index in [0.29, 0.717) is 6.42 Å². The third-order valence-electron chi connectivity index (χ3n) is 16.4. The standard InChI is InChI=1S/C67H121N21O19/c1-16-34(10)50(64(106)79-40(52(69)94)21-22-48(90)91)87-58(100)42(20-18-24-75-67(72)73)80-57(99)41(19-17-23-74-66(70)71)81-61(103)44(26-31(4)5)82-55(97)37(13)76-54(96)36(12)77-59(101)43(25-30(2)3)84-62(104)45(27-32(6)7)83-56(98)38(14)78-60(102)47(29-49(92)93)85-63(105)46(28-33(8)9)86-65(107)51(39(15)89)88-53(95)35(11)68/h30-47,50-51,89H,16-29,68H2,1-15H3,(H2,69,94)(H,76,96)(H,77,101)(H,78,102)(H,79,106)(H,80,99)(H,81,103)(H,82,97)(H,83,98)(H,84,104)(H,85,105)(H,86,107)(H,87,100)(H,88,95)(H,90,91)(H,92,93)(H4,70,71,74)(H4,72,73,75)/t34-,35-,36-,37-,38-,39+,40-,41-,42-,43-,44-,45-,46-,47-,50-,51-/m0/s1. The highest BCUT2D eigenvalue weighted by Gasteiger charge is 2.38. The molecule has 16 atom stereocenters. The highest BCUT2D eigenvalue weighted by atomic mass is 16.4. The van der Waals surface area contributed by atoms with Crippen molar-refractivity contribution in [2.75, 3.05) is 13.1 Å². The normalized spacial score (nSPS) is 15.7. The summed E-state index contributed by atoms with van der Waals surface area (Å²) in [7, 11) is 0. The highest BCUT2D eigenvalue weighted by molar-refractivity contribution is 6.00. The number of hydrogen-bond acceptors (Lipinski definition) is 20. The Kier molecular flexibility index (Phi) is 44.4. The number of aliphatic hydroxyl groups excluding tert-OH is 1. The predicted octanol–water partition coefficient (Wildman–Crippen LogP) is -5.76. The van der Waals surface area contributed by atoms with Gasteiger partial charge in [0.2, 0.25) is 82.7 Å². The van der Waals surface area contributed by atoms with E-state index in [4.69, 9.17) is 34.4 Å². The first-order valence-corrected chi connectivity index (χ1v) is 35.8. The Balaban J connectivity index is 6.71. The zero-order valence-electron chi connectivity index (χ0n) is 64.2. The van der Waals surface area contributed by atoms with Crippen molar-refractivity contribution in [1.82, 2.24) is 69.1 Å². The zero-order valence-corrected chi connectivity index (χ0v) is 64.2. The maximum atomic E-state index is 14.4. The topological polar surface area (TPSA) is 671 Å². The molecule has 28 N–H and O–H groups in total. The molecule has 0 aliphatic heterocycles. The van der Waals surface area contributed by atoms with Gasteiger partial charge in [0.05, 0.1) is 18.6 Å². The van der Waals surface area contributed by atoms with Gasteiger partial charge in [-0.1, -0.05) is 75.7 Å². The van der Waals surface area contributed by atoms with Crippen molar-refractivity contribution in [3.05, 3.63) is 0 Å². The van der Waals surface area contributed by atoms with Gasteiger partial charge in [0.15, 0.2) is 11.9 Å². The van der Waals surface area contributed by atoms with Crippen LogP contribution in [0.4, 0.5) is 0 Å². The van der Waals surface area contributed by atoms with Crippen LogP contribution < -0.4 is 104 Å². The fraction of sp³-hybridized carbons (Fsp3) is 0.731. The molecular formula is C67H121N21O19. The van der Waals surface area contributed by atoms with Gasteiger partial charge >= 0.3 is 11.9 Å². The Morgan fingerprint density at radius 2 is 0.626 bits per heavy atom. The van der Waals surface area contributed by atoms with Crippen LogP contribution in [0.25, 0.3) is 0 Å². The van der Waals surface area contributed by atoms with Crippen molar-refractivity contribution in [3.63, 3.8) is 0 Å². The lowest BCUT2D eigenvalue weighted by Crippen LogP contribution is -2.61. The number of carbonyl (C=O) groups is 16. The third-order valence-corrected chi connectivity index (χ3v) is 16.4. The van der Waals surface area contributed by atoms with Crippen molar-refractivity contribution < 1.29 is 92.0 Å². The maximum absolute atomic E-state index is 14.4. The van der Waals surface area contributed by atoms with Gasteiger partial charge in [-0.2, -0.15) is 0 Å². The van der Waals surface area contributed by atoms with Crippen molar-refractivity contribution in [2.45, 2.75) is 272 Å². The summed E-state index contributed by atoms with van der Waals surface area (Å²) < 4.78 is 0. The molecule has 14 amide bonds. The first-order valence-electron chi connectivity index (χ1n) is 35.8. The molecule has 0 radical (unpaired) electrons. The number of aliphatic imine (C=N–C) groups is 2. The molecule has 0 aromatic rings. The molecule has 0 fully saturated rings. The summed E-state index contributed by atoms with van der Waals surface area (Å²) >= 11 is 0. The summed E-state index contributed by atoms with van der Waals surface area (Å²) in [5, 5.41) is 61.7. The number of amides is 14. The summed E-state index contributed by atoms with van der Waals surface area (Å²) in [4.78, 5) is 223. The second-order valence-corrected chi connectivity index (χ2v) is 28.4. The number of aliphatic carboxylic acids is 2. The molecule has 0 aliphatic rings. The van der Waals surface area contributed by atoms with Crippen molar-refractivity contribution in [3.8, 4) is 0 Å². The molecule has 107 heavy (non-hydrogen) atoms. The van der Waals surface area contributed by atoms with Gasteiger partial charge in [0.1, 0.15) is 78.5 Å². The fourth-order valence-electron chi connectivity index (χ4n) is 10.3. The number of hydrogen-bond donors (Lipinski definition) is 22. The number of nitrogens with one attached hydrogen (secondary N) is 13. The van der Waals surface area contributed by atoms with Crippen LogP contribution in [-0.4, -0.2) is 226 Å². The number of carboxylic acid groups (broad SMARTS) is 2. The molecule has 0 aromatic heterocycles. The van der Waals surface area contributed by atoms with Crippen molar-refractivity contribution >= 4 is 107 Å². The van der Waals surface area contributed by atoms with Gasteiger partial charge in [0.25, 0.3) is 0 Å². The molecular weight excluding hydrogens is 1400 g/mol. The molecule has 608 valence electrons. The zero-order chi connectivity index (χ0) is 82.4. The Bertz CT molecular complexity index is 3090. The number of carboxylic acids is 2. The Hall–Kier alpha value is -10.0. The van der Waals surface area contributed by atoms with Crippen LogP contribution in [0.5, 0.6) is 0 Å². The fourth-order valence-corrected chi connectivity index (χ4v) is 10.3. The number of rotatable bonds is 51. The summed E-state index contributed by atoms with van der Waals surface area (Å²) in [5.41, 5.74) is 33.2. The van der Waals surface area contributed by atoms with Crippen LogP contribution in [0.1, 0.15) is 181 Å². The molecule has 0 unspecified atom stereocenters. The van der Waals surface area contributed by atoms with E-state index in [-0.39, 0.29) is 106 Å². The lowest BCUT2D eigenvalue weighted by Gasteiger charge is -2.29. The van der Waals surface area contributed by atoms with Crippen molar-refractivity contribution in [2.24, 2.45) is 74.0 Å². The Morgan fingerprint density at radius 3 is 0.963 bits per heavy atom. The van der Waals surface area contributed by atoms with E-state index in [2.05, 4.69) is 79.1 Å². The molecule has 0 saturated heterocycles. The number of guanidine groups is 2. The van der Waals surface area contributed by atoms with Crippen LogP contribution in [0, 0.1) is 29.6 Å². The minimum Gasteiger partial charge on any atom is -0.481 e. The van der Waals surface area contributed by atoms with E-state index >= 15 is 0 Å². The number of nitrogens with two attached hydrogens (primary N) is 6. The van der Waals surface area contributed by atoms with E-state index in [1.54, 1.807) is 69.2 Å². The molecule has 0 saturated carbocycles. The monoisotopic (exact) mass is 1520 g/mol. The number of aliphatic hydroxyl groups is 1. The maximum Gasteiger partial charge on any atom is 0.305 e. The summed E-state index contributed by atoms with van der Waals surface area (Å²) in [6, 6.07) is -19.9. The van der Waals surface area contributed by atoms with Gasteiger partial charge in [0, 0.05) is 19.5 Å². The van der Waals surface area contributed by atoms with Gasteiger partial charge in [-0.05, 0) is 122 Å². The minimum atomic E-state index is -1.84. The smallest absolute Gasteiger partial charge is 0.305 e. The average molecular weight is 1520 g/mol. The Labute approximate surface area is 624 Å². The number of nitrogens with zero attached hydrogens (tertiary/aromatic N) is 2. The molecule has 40 nitrogen and oxygen atoms in total. The lowest BCUT2D eigenvalue weighted by molar-refractivity contribution is -0.142. The summed E-state index contributed by atoms with van der Waals surface area (Å²) in [6.07, 6.45) is -3.25. The first-order chi connectivity index (χ1) is 49.6. The van der Waals surface area contributed by atoms with Crippen LogP contribution >= 0.6 is 0 Å². The summed E-state index contributed by atoms with van der Waals surface area (Å²) in [5.74, 6) is -18.0. The second kappa shape index (κ2) is 49.0. The molecule has 0 spiro atoms. The highest BCUT2D eigenvalue weighted by Crippen LogP contribution is 2.16. The largest absolute Gasteiger partial charge is 0.481 e. The van der Waals surface area contributed by atoms with Crippen LogP contribution in [0.3, 0.4) is 0 Å². The third kappa shape index (κ3) is 39.2. The Morgan fingerprint density at radius 1 is 0.336 bits per heavy atom. The molecule has 0 heterocycles. The number of carbonyl (C=O) groups excluding carboxylic acids is 14. The van der Waals surface area contributed by atoms with Gasteiger partial charge in [-0.3, -0.25) is 86.7 Å². The molecule has 0 aliphatic carbocycles. The van der Waals surface area contributed by atoms with Crippen LogP contribution in [-0.2, 0) is 76.7 Å².